The second-order valence-electron chi connectivity index (χ2n) is 15.5. The zero-order valence-corrected chi connectivity index (χ0v) is 35.6. The van der Waals surface area contributed by atoms with Crippen molar-refractivity contribution < 1.29 is 33.4 Å². The molecule has 0 aromatic heterocycles. The summed E-state index contributed by atoms with van der Waals surface area (Å²) in [5.74, 6) is -0.575. The Kier molecular flexibility index (Phi) is 20.6. The van der Waals surface area contributed by atoms with Gasteiger partial charge in [-0.15, -0.1) is 0 Å². The third-order valence-electron chi connectivity index (χ3n) is 10.6. The molecule has 4 amide bonds. The second kappa shape index (κ2) is 23.7. The first-order valence-electron chi connectivity index (χ1n) is 19.6. The van der Waals surface area contributed by atoms with Gasteiger partial charge in [0, 0.05) is 51.7 Å². The first-order chi connectivity index (χ1) is 25.5. The van der Waals surface area contributed by atoms with E-state index in [9.17, 15) is 24.0 Å². The summed E-state index contributed by atoms with van der Waals surface area (Å²) in [4.78, 5) is 72.5. The topological polar surface area (TPSA) is 138 Å². The summed E-state index contributed by atoms with van der Waals surface area (Å²) < 4.78 is 11.2. The number of rotatable bonds is 23. The molecule has 1 aromatic rings. The lowest BCUT2D eigenvalue weighted by Crippen LogP contribution is -2.59. The van der Waals surface area contributed by atoms with Crippen molar-refractivity contribution in [1.29, 1.82) is 0 Å². The number of amides is 4. The SMILES string of the molecule is CCC(C)C(C(CC(=O)N1CCCC1C(CSCCOC(C)=O)C(=O)NCCc1ccccc1)OC)N(C)C(=O)C(NC(=O)C(C(C)C)N(C)C)C(C)C. The molecule has 306 valence electrons. The third kappa shape index (κ3) is 14.2. The molecular weight excluding hydrogens is 707 g/mol. The molecule has 1 aliphatic heterocycles. The Bertz CT molecular complexity index is 1320. The monoisotopic (exact) mass is 775 g/mol. The summed E-state index contributed by atoms with van der Waals surface area (Å²) in [6.45, 7) is 14.5. The standard InChI is InChI=1S/C41H69N5O7S/c1-12-29(6)38(45(10)41(51)36(27(2)3)43-40(50)37(28(4)5)44(8)9)34(52-11)25-35(48)46-22-16-19-33(46)32(26-54-24-23-53-30(7)47)39(49)42-21-20-31-17-14-13-15-18-31/h13-15,17-18,27-29,32-34,36-38H,12,16,19-26H2,1-11H3,(H,42,49)(H,43,50). The van der Waals surface area contributed by atoms with Crippen molar-refractivity contribution >= 4 is 41.4 Å². The number of esters is 1. The molecule has 1 fully saturated rings. The van der Waals surface area contributed by atoms with Crippen LogP contribution in [0.15, 0.2) is 30.3 Å². The third-order valence-corrected chi connectivity index (χ3v) is 11.6. The number of carbonyl (C=O) groups excluding carboxylic acids is 5. The molecule has 0 radical (unpaired) electrons. The number of benzene rings is 1. The predicted molar refractivity (Wildman–Crippen MR) is 216 cm³/mol. The van der Waals surface area contributed by atoms with Crippen molar-refractivity contribution in [3.63, 3.8) is 0 Å². The van der Waals surface area contributed by atoms with E-state index < -0.39 is 30.1 Å². The lowest BCUT2D eigenvalue weighted by molar-refractivity contribution is -0.147. The van der Waals surface area contributed by atoms with Gasteiger partial charge in [-0.05, 0) is 56.7 Å². The van der Waals surface area contributed by atoms with Crippen LogP contribution in [0.25, 0.3) is 0 Å². The van der Waals surface area contributed by atoms with Crippen molar-refractivity contribution in [2.45, 2.75) is 111 Å². The number of nitrogens with zero attached hydrogens (tertiary/aromatic N) is 3. The Hall–Kier alpha value is -3.16. The van der Waals surface area contributed by atoms with Crippen LogP contribution in [0.1, 0.15) is 79.7 Å². The number of carbonyl (C=O) groups is 5. The molecule has 2 rings (SSSR count). The van der Waals surface area contributed by atoms with Crippen LogP contribution in [0.2, 0.25) is 0 Å². The van der Waals surface area contributed by atoms with E-state index in [2.05, 4.69) is 17.6 Å². The fourth-order valence-electron chi connectivity index (χ4n) is 7.57. The molecule has 13 heteroatoms. The van der Waals surface area contributed by atoms with Gasteiger partial charge in [0.15, 0.2) is 0 Å². The summed E-state index contributed by atoms with van der Waals surface area (Å²) in [6.07, 6.45) is 2.32. The van der Waals surface area contributed by atoms with Crippen LogP contribution < -0.4 is 10.6 Å². The minimum atomic E-state index is -0.758. The molecule has 7 atom stereocenters. The molecular formula is C41H69N5O7S. The van der Waals surface area contributed by atoms with Crippen LogP contribution >= 0.6 is 11.8 Å². The van der Waals surface area contributed by atoms with Crippen LogP contribution in [0.4, 0.5) is 0 Å². The highest BCUT2D eigenvalue weighted by Gasteiger charge is 2.42. The maximum Gasteiger partial charge on any atom is 0.302 e. The summed E-state index contributed by atoms with van der Waals surface area (Å²) in [5.41, 5.74) is 1.13. The molecule has 54 heavy (non-hydrogen) atoms. The number of ether oxygens (including phenoxy) is 2. The molecule has 12 nitrogen and oxygen atoms in total. The minimum absolute atomic E-state index is 0.0171. The number of thioether (sulfide) groups is 1. The van der Waals surface area contributed by atoms with Gasteiger partial charge in [0.1, 0.15) is 12.6 Å². The average molecular weight is 776 g/mol. The van der Waals surface area contributed by atoms with Gasteiger partial charge < -0.3 is 29.9 Å². The predicted octanol–water partition coefficient (Wildman–Crippen LogP) is 4.25. The number of nitrogens with one attached hydrogen (secondary N) is 2. The van der Waals surface area contributed by atoms with Gasteiger partial charge in [0.2, 0.25) is 23.6 Å². The maximum atomic E-state index is 14.3. The Labute approximate surface area is 329 Å². The van der Waals surface area contributed by atoms with Crippen molar-refractivity contribution in [3.8, 4) is 0 Å². The van der Waals surface area contributed by atoms with Gasteiger partial charge in [-0.25, -0.2) is 0 Å². The molecule has 1 aliphatic rings. The Balaban J connectivity index is 2.29. The summed E-state index contributed by atoms with van der Waals surface area (Å²) >= 11 is 1.54. The Morgan fingerprint density at radius 1 is 0.981 bits per heavy atom. The van der Waals surface area contributed by atoms with Gasteiger partial charge >= 0.3 is 5.97 Å². The number of methoxy groups -OCH3 is 1. The normalized spacial score (nSPS) is 17.8. The molecule has 0 spiro atoms. The highest BCUT2D eigenvalue weighted by Crippen LogP contribution is 2.30. The van der Waals surface area contributed by atoms with E-state index in [1.165, 1.54) is 18.7 Å². The number of hydrogen-bond acceptors (Lipinski definition) is 9. The first kappa shape index (κ1) is 47.0. The zero-order chi connectivity index (χ0) is 40.5. The molecule has 1 aromatic carbocycles. The van der Waals surface area contributed by atoms with Gasteiger partial charge in [-0.1, -0.05) is 78.3 Å². The lowest BCUT2D eigenvalue weighted by Gasteiger charge is -2.41. The summed E-state index contributed by atoms with van der Waals surface area (Å²) in [7, 11) is 7.03. The lowest BCUT2D eigenvalue weighted by atomic mass is 9.89. The van der Waals surface area contributed by atoms with Gasteiger partial charge in [-0.3, -0.25) is 28.9 Å². The van der Waals surface area contributed by atoms with Crippen LogP contribution in [-0.2, 0) is 39.9 Å². The second-order valence-corrected chi connectivity index (χ2v) is 16.7. The summed E-state index contributed by atoms with van der Waals surface area (Å²) in [5, 5.41) is 6.17. The van der Waals surface area contributed by atoms with E-state index in [1.807, 2.05) is 88.8 Å². The highest BCUT2D eigenvalue weighted by atomic mass is 32.2. The highest BCUT2D eigenvalue weighted by molar-refractivity contribution is 7.99. The van der Waals surface area contributed by atoms with Crippen molar-refractivity contribution in [1.82, 2.24) is 25.3 Å². The van der Waals surface area contributed by atoms with E-state index in [1.54, 1.807) is 19.1 Å². The Morgan fingerprint density at radius 2 is 1.65 bits per heavy atom. The van der Waals surface area contributed by atoms with Gasteiger partial charge in [0.25, 0.3) is 0 Å². The van der Waals surface area contributed by atoms with Crippen molar-refractivity contribution in [2.75, 3.05) is 59.5 Å². The molecule has 2 N–H and O–H groups in total. The van der Waals surface area contributed by atoms with Crippen LogP contribution in [0.5, 0.6) is 0 Å². The van der Waals surface area contributed by atoms with E-state index in [-0.39, 0.29) is 66.4 Å². The first-order valence-corrected chi connectivity index (χ1v) is 20.8. The van der Waals surface area contributed by atoms with Crippen LogP contribution in [-0.4, -0.2) is 134 Å². The van der Waals surface area contributed by atoms with E-state index in [0.29, 0.717) is 37.4 Å². The minimum Gasteiger partial charge on any atom is -0.465 e. The van der Waals surface area contributed by atoms with Crippen LogP contribution in [0.3, 0.4) is 0 Å². The average Bonchev–Trinajstić information content (AvgIpc) is 3.60. The fourth-order valence-corrected chi connectivity index (χ4v) is 8.56. The zero-order valence-electron chi connectivity index (χ0n) is 34.8. The molecule has 1 saturated heterocycles. The molecule has 0 bridgehead atoms. The molecule has 7 unspecified atom stereocenters. The quantitative estimate of drug-likeness (QED) is 0.124. The van der Waals surface area contributed by atoms with Crippen LogP contribution in [0, 0.1) is 23.7 Å². The fraction of sp³-hybridized carbons (Fsp3) is 0.732. The number of hydrogen-bond donors (Lipinski definition) is 2. The largest absolute Gasteiger partial charge is 0.465 e. The number of likely N-dealkylation sites (N-methyl/N-ethyl adjacent to an activating group) is 2. The van der Waals surface area contributed by atoms with Gasteiger partial charge in [0.05, 0.1) is 30.5 Å². The molecule has 1 heterocycles. The summed E-state index contributed by atoms with van der Waals surface area (Å²) in [6, 6.07) is 8.07. The van der Waals surface area contributed by atoms with Crippen molar-refractivity contribution in [3.05, 3.63) is 35.9 Å². The Morgan fingerprint density at radius 3 is 2.20 bits per heavy atom. The van der Waals surface area contributed by atoms with E-state index in [4.69, 9.17) is 9.47 Å². The van der Waals surface area contributed by atoms with E-state index in [0.717, 1.165) is 18.4 Å². The smallest absolute Gasteiger partial charge is 0.302 e. The molecule has 0 saturated carbocycles. The van der Waals surface area contributed by atoms with Gasteiger partial charge in [-0.2, -0.15) is 11.8 Å². The van der Waals surface area contributed by atoms with Crippen molar-refractivity contribution in [2.24, 2.45) is 23.7 Å². The molecule has 0 aliphatic carbocycles. The maximum absolute atomic E-state index is 14.3. The van der Waals surface area contributed by atoms with E-state index >= 15 is 0 Å². The number of likely N-dealkylation sites (tertiary alicyclic amines) is 1.